The molecule has 0 aromatic heterocycles. The van der Waals surface area contributed by atoms with Gasteiger partial charge in [-0.15, -0.1) is 0 Å². The Hall–Kier alpha value is -3.12. The Morgan fingerprint density at radius 3 is 2.09 bits per heavy atom. The first kappa shape index (κ1) is 25.5. The fourth-order valence-corrected chi connectivity index (χ4v) is 5.16. The van der Waals surface area contributed by atoms with E-state index in [4.69, 9.17) is 4.74 Å². The largest absolute Gasteiger partial charge is 0.483 e. The number of ether oxygens (including phenoxy) is 1. The van der Waals surface area contributed by atoms with Gasteiger partial charge in [-0.3, -0.25) is 4.79 Å². The lowest BCUT2D eigenvalue weighted by Gasteiger charge is -2.24. The maximum atomic E-state index is 13.6. The summed E-state index contributed by atoms with van der Waals surface area (Å²) in [5.41, 5.74) is 5.20. The van der Waals surface area contributed by atoms with Gasteiger partial charge >= 0.3 is 0 Å². The van der Waals surface area contributed by atoms with Crippen LogP contribution in [0.3, 0.4) is 0 Å². The van der Waals surface area contributed by atoms with Gasteiger partial charge in [0, 0.05) is 0 Å². The summed E-state index contributed by atoms with van der Waals surface area (Å²) in [6.45, 7) is 9.42. The first-order chi connectivity index (χ1) is 16.1. The third kappa shape index (κ3) is 5.68. The minimum Gasteiger partial charge on any atom is -0.483 e. The summed E-state index contributed by atoms with van der Waals surface area (Å²) < 4.78 is 33.9. The topological polar surface area (TPSA) is 63.7 Å². The highest BCUT2D eigenvalue weighted by Crippen LogP contribution is 2.28. The van der Waals surface area contributed by atoms with Crippen molar-refractivity contribution in [2.45, 2.75) is 58.8 Å². The lowest BCUT2D eigenvalue weighted by molar-refractivity contribution is -0.119. The van der Waals surface area contributed by atoms with E-state index in [9.17, 15) is 13.2 Å². The number of hydrogen-bond acceptors (Lipinski definition) is 4. The number of carbonyl (C=O) groups excluding carboxylic acids is 1. The highest BCUT2D eigenvalue weighted by molar-refractivity contribution is 7.93. The molecule has 0 bridgehead atoms. The fourth-order valence-electron chi connectivity index (χ4n) is 3.75. The molecule has 0 unspecified atom stereocenters. The number of nitrogens with zero attached hydrogens (tertiary/aromatic N) is 1. The van der Waals surface area contributed by atoms with E-state index in [1.165, 1.54) is 12.1 Å². The van der Waals surface area contributed by atoms with Gasteiger partial charge in [0.25, 0.3) is 15.9 Å². The predicted octanol–water partition coefficient (Wildman–Crippen LogP) is 6.06. The van der Waals surface area contributed by atoms with Crippen molar-refractivity contribution in [3.05, 3.63) is 88.5 Å². The summed E-state index contributed by atoms with van der Waals surface area (Å²) >= 11 is 0. The Balaban J connectivity index is 1.97. The number of unbranched alkanes of at least 4 members (excludes halogenated alkanes) is 1. The van der Waals surface area contributed by atoms with Crippen LogP contribution in [0.5, 0.6) is 5.75 Å². The lowest BCUT2D eigenvalue weighted by atomic mass is 10.1. The molecule has 5 nitrogen and oxygen atoms in total. The van der Waals surface area contributed by atoms with Crippen molar-refractivity contribution in [3.63, 3.8) is 0 Å². The Labute approximate surface area is 203 Å². The molecular weight excluding hydrogens is 446 g/mol. The molecule has 0 N–H and O–H groups in total. The summed E-state index contributed by atoms with van der Waals surface area (Å²) in [5.74, 6) is -0.0434. The molecule has 3 aromatic carbocycles. The van der Waals surface area contributed by atoms with Gasteiger partial charge in [-0.1, -0.05) is 55.3 Å². The molecule has 0 aliphatic rings. The lowest BCUT2D eigenvalue weighted by Crippen LogP contribution is -2.40. The van der Waals surface area contributed by atoms with E-state index in [0.29, 0.717) is 11.4 Å². The number of aryl methyl sites for hydroxylation is 4. The van der Waals surface area contributed by atoms with Crippen LogP contribution in [0.15, 0.2) is 65.6 Å². The number of rotatable bonds is 9. The summed E-state index contributed by atoms with van der Waals surface area (Å²) in [6, 6.07) is 17.6. The van der Waals surface area contributed by atoms with Crippen molar-refractivity contribution in [2.24, 2.45) is 0 Å². The van der Waals surface area contributed by atoms with Crippen molar-refractivity contribution in [3.8, 4) is 5.75 Å². The van der Waals surface area contributed by atoms with Crippen molar-refractivity contribution in [2.75, 3.05) is 10.9 Å². The first-order valence-corrected chi connectivity index (χ1v) is 13.0. The van der Waals surface area contributed by atoms with Gasteiger partial charge < -0.3 is 4.74 Å². The van der Waals surface area contributed by atoms with Crippen molar-refractivity contribution in [1.82, 2.24) is 0 Å². The van der Waals surface area contributed by atoms with E-state index < -0.39 is 22.5 Å². The molecule has 0 heterocycles. The van der Waals surface area contributed by atoms with E-state index >= 15 is 0 Å². The van der Waals surface area contributed by atoms with Crippen LogP contribution in [0.2, 0.25) is 0 Å². The zero-order chi connectivity index (χ0) is 24.9. The number of benzene rings is 3. The van der Waals surface area contributed by atoms with Gasteiger partial charge in [-0.05, 0) is 87.1 Å². The Bertz CT molecular complexity index is 1250. The normalized spacial score (nSPS) is 11.3. The molecule has 3 rings (SSSR count). The standard InChI is InChI=1S/C28H33NO4S/c1-6-7-8-24-13-15-25(16-14-24)29(34(31,32)26-17-9-20(2)10-18-26)27(30)19-33-28-22(4)12-11-21(3)23(28)5/h9-18H,6-8,19H2,1-5H3. The summed E-state index contributed by atoms with van der Waals surface area (Å²) in [6.07, 6.45) is 3.03. The predicted molar refractivity (Wildman–Crippen MR) is 137 cm³/mol. The van der Waals surface area contributed by atoms with Crippen molar-refractivity contribution in [1.29, 1.82) is 0 Å². The Morgan fingerprint density at radius 2 is 1.47 bits per heavy atom. The molecule has 0 aliphatic carbocycles. The summed E-state index contributed by atoms with van der Waals surface area (Å²) in [7, 11) is -4.13. The molecule has 34 heavy (non-hydrogen) atoms. The molecule has 0 saturated heterocycles. The van der Waals surface area contributed by atoms with Gasteiger partial charge in [-0.2, -0.15) is 4.31 Å². The third-order valence-electron chi connectivity index (χ3n) is 5.99. The van der Waals surface area contributed by atoms with Crippen molar-refractivity contribution >= 4 is 21.6 Å². The zero-order valence-corrected chi connectivity index (χ0v) is 21.4. The SMILES string of the molecule is CCCCc1ccc(N(C(=O)COc2c(C)ccc(C)c2C)S(=O)(=O)c2ccc(C)cc2)cc1. The molecule has 1 amide bonds. The highest BCUT2D eigenvalue weighted by Gasteiger charge is 2.31. The maximum Gasteiger partial charge on any atom is 0.278 e. The van der Waals surface area contributed by atoms with E-state index in [1.54, 1.807) is 24.3 Å². The minimum atomic E-state index is -4.13. The van der Waals surface area contributed by atoms with E-state index in [2.05, 4.69) is 6.92 Å². The van der Waals surface area contributed by atoms with E-state index in [-0.39, 0.29) is 4.90 Å². The molecular formula is C28H33NO4S. The second kappa shape index (κ2) is 10.9. The highest BCUT2D eigenvalue weighted by atomic mass is 32.2. The van der Waals surface area contributed by atoms with Gasteiger partial charge in [0.2, 0.25) is 0 Å². The monoisotopic (exact) mass is 479 g/mol. The quantitative estimate of drug-likeness (QED) is 0.374. The van der Waals surface area contributed by atoms with Crippen molar-refractivity contribution < 1.29 is 17.9 Å². The van der Waals surface area contributed by atoms with Crippen LogP contribution < -0.4 is 9.04 Å². The third-order valence-corrected chi connectivity index (χ3v) is 7.75. The molecule has 0 spiro atoms. The zero-order valence-electron chi connectivity index (χ0n) is 20.6. The van der Waals surface area contributed by atoms with Gasteiger partial charge in [-0.25, -0.2) is 8.42 Å². The summed E-state index contributed by atoms with van der Waals surface area (Å²) in [4.78, 5) is 13.4. The summed E-state index contributed by atoms with van der Waals surface area (Å²) in [5, 5.41) is 0. The molecule has 0 radical (unpaired) electrons. The number of sulfonamides is 1. The number of hydrogen-bond donors (Lipinski definition) is 0. The molecule has 0 aliphatic heterocycles. The van der Waals surface area contributed by atoms with Crippen LogP contribution in [0, 0.1) is 27.7 Å². The van der Waals surface area contributed by atoms with E-state index in [0.717, 1.165) is 51.4 Å². The molecule has 0 saturated carbocycles. The smallest absolute Gasteiger partial charge is 0.278 e. The fraction of sp³-hybridized carbons (Fsp3) is 0.321. The number of amides is 1. The minimum absolute atomic E-state index is 0.0597. The molecule has 180 valence electrons. The maximum absolute atomic E-state index is 13.6. The molecule has 3 aromatic rings. The average Bonchev–Trinajstić information content (AvgIpc) is 2.81. The Morgan fingerprint density at radius 1 is 0.853 bits per heavy atom. The second-order valence-corrected chi connectivity index (χ2v) is 10.5. The van der Waals surface area contributed by atoms with Crippen LogP contribution in [-0.2, 0) is 21.2 Å². The van der Waals surface area contributed by atoms with Crippen LogP contribution in [-0.4, -0.2) is 20.9 Å². The molecule has 0 atom stereocenters. The number of anilines is 1. The first-order valence-electron chi connectivity index (χ1n) is 11.6. The van der Waals surface area contributed by atoms with Crippen LogP contribution >= 0.6 is 0 Å². The van der Waals surface area contributed by atoms with Crippen LogP contribution in [0.4, 0.5) is 5.69 Å². The molecule has 0 fully saturated rings. The van der Waals surface area contributed by atoms with Crippen LogP contribution in [0.25, 0.3) is 0 Å². The number of carbonyl (C=O) groups is 1. The van der Waals surface area contributed by atoms with Gasteiger partial charge in [0.05, 0.1) is 10.6 Å². The average molecular weight is 480 g/mol. The molecule has 6 heteroatoms. The van der Waals surface area contributed by atoms with Gasteiger partial charge in [0.15, 0.2) is 6.61 Å². The van der Waals surface area contributed by atoms with Gasteiger partial charge in [0.1, 0.15) is 5.75 Å². The Kier molecular flexibility index (Phi) is 8.15. The van der Waals surface area contributed by atoms with Crippen LogP contribution in [0.1, 0.15) is 47.6 Å². The van der Waals surface area contributed by atoms with E-state index in [1.807, 2.05) is 52.0 Å². The second-order valence-electron chi connectivity index (χ2n) is 8.69.